The first-order chi connectivity index (χ1) is 7.66. The van der Waals surface area contributed by atoms with E-state index in [9.17, 15) is 0 Å². The number of aromatic nitrogens is 1. The molecule has 0 radical (unpaired) electrons. The fourth-order valence-electron chi connectivity index (χ4n) is 1.93. The van der Waals surface area contributed by atoms with Crippen molar-refractivity contribution < 1.29 is 0 Å². The maximum absolute atomic E-state index is 4.53. The second-order valence-electron chi connectivity index (χ2n) is 4.12. The summed E-state index contributed by atoms with van der Waals surface area (Å²) in [5.74, 6) is 0. The molecule has 0 atom stereocenters. The van der Waals surface area contributed by atoms with Crippen molar-refractivity contribution in [2.45, 2.75) is 20.8 Å². The molecule has 1 aromatic carbocycles. The lowest BCUT2D eigenvalue weighted by atomic mass is 10.1. The fourth-order valence-corrected chi connectivity index (χ4v) is 1.93. The highest BCUT2D eigenvalue weighted by Crippen LogP contribution is 2.24. The second kappa shape index (κ2) is 4.35. The smallest absolute Gasteiger partial charge is 0.0993 e. The van der Waals surface area contributed by atoms with Crippen LogP contribution in [0.3, 0.4) is 0 Å². The largest absolute Gasteiger partial charge is 0.315 e. The molecular formula is C14H16N2. The third-order valence-electron chi connectivity index (χ3n) is 2.58. The minimum Gasteiger partial charge on any atom is -0.315 e. The van der Waals surface area contributed by atoms with Crippen LogP contribution in [0.15, 0.2) is 41.7 Å². The molecule has 2 heteroatoms. The molecule has 1 aromatic heterocycles. The summed E-state index contributed by atoms with van der Waals surface area (Å²) in [4.78, 5) is 4.53. The van der Waals surface area contributed by atoms with Gasteiger partial charge in [0.15, 0.2) is 0 Å². The number of hydrogen-bond acceptors (Lipinski definition) is 1. The average Bonchev–Trinajstić information content (AvgIpc) is 2.68. The number of rotatable bonds is 2. The molecular weight excluding hydrogens is 196 g/mol. The molecule has 0 amide bonds. The van der Waals surface area contributed by atoms with Gasteiger partial charge in [-0.25, -0.2) is 4.99 Å². The van der Waals surface area contributed by atoms with E-state index in [1.807, 2.05) is 35.4 Å². The number of nitrogens with zero attached hydrogens (tertiary/aromatic N) is 2. The van der Waals surface area contributed by atoms with E-state index in [0.29, 0.717) is 0 Å². The van der Waals surface area contributed by atoms with Crippen LogP contribution in [-0.4, -0.2) is 10.9 Å². The maximum atomic E-state index is 4.53. The van der Waals surface area contributed by atoms with Gasteiger partial charge in [0.05, 0.1) is 12.0 Å². The summed E-state index contributed by atoms with van der Waals surface area (Å²) in [6, 6.07) is 8.30. The van der Waals surface area contributed by atoms with Gasteiger partial charge in [-0.3, -0.25) is 0 Å². The van der Waals surface area contributed by atoms with Crippen LogP contribution in [0.4, 0.5) is 5.69 Å². The number of aliphatic imine (C=N–C) groups is 1. The summed E-state index contributed by atoms with van der Waals surface area (Å²) in [6.45, 7) is 6.31. The third-order valence-corrected chi connectivity index (χ3v) is 2.58. The van der Waals surface area contributed by atoms with Gasteiger partial charge in [0.2, 0.25) is 0 Å². The first kappa shape index (κ1) is 10.7. The van der Waals surface area contributed by atoms with E-state index in [1.54, 1.807) is 0 Å². The van der Waals surface area contributed by atoms with Crippen molar-refractivity contribution in [1.29, 1.82) is 0 Å². The molecule has 0 aliphatic heterocycles. The minimum atomic E-state index is 1.07. The van der Waals surface area contributed by atoms with Crippen molar-refractivity contribution in [1.82, 2.24) is 4.57 Å². The fraction of sp³-hybridized carbons (Fsp3) is 0.214. The normalized spacial score (nSPS) is 11.2. The predicted octanol–water partition coefficient (Wildman–Crippen LogP) is 3.62. The van der Waals surface area contributed by atoms with E-state index in [-0.39, 0.29) is 0 Å². The zero-order valence-electron chi connectivity index (χ0n) is 9.94. The van der Waals surface area contributed by atoms with Crippen molar-refractivity contribution in [2.24, 2.45) is 4.99 Å². The molecule has 2 aromatic rings. The van der Waals surface area contributed by atoms with Crippen molar-refractivity contribution in [2.75, 3.05) is 0 Å². The van der Waals surface area contributed by atoms with Gasteiger partial charge in [0.1, 0.15) is 0 Å². The van der Waals surface area contributed by atoms with Crippen molar-refractivity contribution in [3.63, 3.8) is 0 Å². The molecule has 0 aliphatic rings. The van der Waals surface area contributed by atoms with Gasteiger partial charge in [0.25, 0.3) is 0 Å². The Balaban J connectivity index is 2.35. The first-order valence-corrected chi connectivity index (χ1v) is 5.41. The summed E-state index contributed by atoms with van der Waals surface area (Å²) in [5, 5.41) is 0. The van der Waals surface area contributed by atoms with Crippen LogP contribution < -0.4 is 0 Å². The topological polar surface area (TPSA) is 17.3 Å². The minimum absolute atomic E-state index is 1.07. The van der Waals surface area contributed by atoms with Crippen LogP contribution in [-0.2, 0) is 0 Å². The molecule has 82 valence electrons. The molecule has 0 N–H and O–H groups in total. The molecule has 1 heterocycles. The number of aryl methyl sites for hydroxylation is 3. The van der Waals surface area contributed by atoms with Crippen molar-refractivity contribution >= 4 is 12.0 Å². The Kier molecular flexibility index (Phi) is 2.91. The van der Waals surface area contributed by atoms with E-state index in [1.165, 1.54) is 16.7 Å². The highest BCUT2D eigenvalue weighted by molar-refractivity contribution is 5.67. The van der Waals surface area contributed by atoms with Gasteiger partial charge in [-0.2, -0.15) is 0 Å². The Bertz CT molecular complexity index is 485. The second-order valence-corrected chi connectivity index (χ2v) is 4.12. The molecule has 0 spiro atoms. The molecule has 2 rings (SSSR count). The average molecular weight is 212 g/mol. The first-order valence-electron chi connectivity index (χ1n) is 5.41. The highest BCUT2D eigenvalue weighted by atomic mass is 15.0. The molecule has 0 bridgehead atoms. The van der Waals surface area contributed by atoms with Crippen LogP contribution in [0.2, 0.25) is 0 Å². The van der Waals surface area contributed by atoms with E-state index in [4.69, 9.17) is 0 Å². The van der Waals surface area contributed by atoms with E-state index in [2.05, 4.69) is 37.9 Å². The Hall–Kier alpha value is -1.83. The molecule has 0 aliphatic carbocycles. The standard InChI is InChI=1S/C14H16N2/c1-11-8-12(2)14(13(3)9-11)15-10-16-6-4-5-7-16/h4-10H,1-3H3. The van der Waals surface area contributed by atoms with Gasteiger partial charge >= 0.3 is 0 Å². The third kappa shape index (κ3) is 2.22. The van der Waals surface area contributed by atoms with Crippen LogP contribution in [0, 0.1) is 20.8 Å². The van der Waals surface area contributed by atoms with Gasteiger partial charge in [0, 0.05) is 12.4 Å². The van der Waals surface area contributed by atoms with Crippen LogP contribution >= 0.6 is 0 Å². The van der Waals surface area contributed by atoms with Crippen LogP contribution in [0.5, 0.6) is 0 Å². The lowest BCUT2D eigenvalue weighted by Crippen LogP contribution is -1.90. The zero-order chi connectivity index (χ0) is 11.5. The molecule has 0 saturated carbocycles. The van der Waals surface area contributed by atoms with E-state index < -0.39 is 0 Å². The molecule has 0 unspecified atom stereocenters. The highest BCUT2D eigenvalue weighted by Gasteiger charge is 2.00. The Morgan fingerprint density at radius 1 is 1.00 bits per heavy atom. The van der Waals surface area contributed by atoms with Crippen LogP contribution in [0.25, 0.3) is 0 Å². The van der Waals surface area contributed by atoms with E-state index in [0.717, 1.165) is 5.69 Å². The summed E-state index contributed by atoms with van der Waals surface area (Å²) in [5.41, 5.74) is 4.80. The van der Waals surface area contributed by atoms with Crippen molar-refractivity contribution in [3.8, 4) is 0 Å². The Labute approximate surface area is 96.3 Å². The molecule has 16 heavy (non-hydrogen) atoms. The van der Waals surface area contributed by atoms with Crippen molar-refractivity contribution in [3.05, 3.63) is 53.3 Å². The lowest BCUT2D eigenvalue weighted by molar-refractivity contribution is 1.18. The van der Waals surface area contributed by atoms with Gasteiger partial charge in [-0.15, -0.1) is 0 Å². The monoisotopic (exact) mass is 212 g/mol. The maximum Gasteiger partial charge on any atom is 0.0993 e. The number of benzene rings is 1. The van der Waals surface area contributed by atoms with E-state index >= 15 is 0 Å². The Morgan fingerprint density at radius 2 is 1.56 bits per heavy atom. The summed E-state index contributed by atoms with van der Waals surface area (Å²) in [7, 11) is 0. The lowest BCUT2D eigenvalue weighted by Gasteiger charge is -2.06. The van der Waals surface area contributed by atoms with Gasteiger partial charge < -0.3 is 4.57 Å². The zero-order valence-corrected chi connectivity index (χ0v) is 9.94. The summed E-state index contributed by atoms with van der Waals surface area (Å²) >= 11 is 0. The van der Waals surface area contributed by atoms with Gasteiger partial charge in [-0.05, 0) is 44.0 Å². The molecule has 0 fully saturated rings. The van der Waals surface area contributed by atoms with Gasteiger partial charge in [-0.1, -0.05) is 17.7 Å². The van der Waals surface area contributed by atoms with Crippen LogP contribution in [0.1, 0.15) is 16.7 Å². The molecule has 0 saturated heterocycles. The quantitative estimate of drug-likeness (QED) is 0.534. The predicted molar refractivity (Wildman–Crippen MR) is 68.6 cm³/mol. The summed E-state index contributed by atoms with van der Waals surface area (Å²) < 4.78 is 1.94. The SMILES string of the molecule is Cc1cc(C)c(N=Cn2cccc2)c(C)c1. The molecule has 2 nitrogen and oxygen atoms in total. The Morgan fingerprint density at radius 3 is 2.12 bits per heavy atom. The summed E-state index contributed by atoms with van der Waals surface area (Å²) in [6.07, 6.45) is 5.79. The number of hydrogen-bond donors (Lipinski definition) is 0.